The molecule has 2 unspecified atom stereocenters. The van der Waals surface area contributed by atoms with Crippen molar-refractivity contribution in [1.29, 1.82) is 0 Å². The number of carbonyl (C=O) groups excluding carboxylic acids is 1. The van der Waals surface area contributed by atoms with Crippen molar-refractivity contribution in [3.05, 3.63) is 0 Å². The molecule has 2 aliphatic rings. The SMILES string of the molecule is CCCC[C@H](NC(=O)N1CC2CCC1C2)C(=O)O. The lowest BCUT2D eigenvalue weighted by Crippen LogP contribution is -2.50. The number of carboxylic acids is 1. The van der Waals surface area contributed by atoms with E-state index in [-0.39, 0.29) is 6.03 Å². The van der Waals surface area contributed by atoms with E-state index in [0.29, 0.717) is 18.4 Å². The molecule has 1 aliphatic heterocycles. The minimum atomic E-state index is -0.929. The molecular formula is C13H22N2O3. The Morgan fingerprint density at radius 3 is 2.72 bits per heavy atom. The number of nitrogens with zero attached hydrogens (tertiary/aromatic N) is 1. The van der Waals surface area contributed by atoms with E-state index in [1.165, 1.54) is 6.42 Å². The number of aliphatic carboxylic acids is 1. The zero-order valence-electron chi connectivity index (χ0n) is 10.9. The predicted molar refractivity (Wildman–Crippen MR) is 67.3 cm³/mol. The quantitative estimate of drug-likeness (QED) is 0.786. The number of rotatable bonds is 5. The molecule has 5 heteroatoms. The van der Waals surface area contributed by atoms with Crippen LogP contribution in [0.4, 0.5) is 4.79 Å². The third-order valence-corrected chi connectivity index (χ3v) is 4.11. The highest BCUT2D eigenvalue weighted by molar-refractivity contribution is 5.82. The van der Waals surface area contributed by atoms with Gasteiger partial charge in [-0.2, -0.15) is 0 Å². The molecule has 0 aromatic heterocycles. The van der Waals surface area contributed by atoms with Gasteiger partial charge in [-0.1, -0.05) is 19.8 Å². The number of fused-ring (bicyclic) bond motifs is 2. The second-order valence-electron chi connectivity index (χ2n) is 5.47. The highest BCUT2D eigenvalue weighted by Crippen LogP contribution is 2.37. The van der Waals surface area contributed by atoms with E-state index >= 15 is 0 Å². The second-order valence-corrected chi connectivity index (χ2v) is 5.47. The molecule has 1 saturated heterocycles. The molecule has 18 heavy (non-hydrogen) atoms. The Morgan fingerprint density at radius 2 is 2.22 bits per heavy atom. The standard InChI is InChI=1S/C13H22N2O3/c1-2-3-4-11(12(16)17)14-13(18)15-8-9-5-6-10(15)7-9/h9-11H,2-8H2,1H3,(H,14,18)(H,16,17)/t9?,10?,11-/m0/s1. The van der Waals surface area contributed by atoms with E-state index in [2.05, 4.69) is 5.32 Å². The van der Waals surface area contributed by atoms with E-state index in [9.17, 15) is 9.59 Å². The minimum absolute atomic E-state index is 0.189. The fourth-order valence-electron chi connectivity index (χ4n) is 3.07. The fraction of sp³-hybridized carbons (Fsp3) is 0.846. The Hall–Kier alpha value is -1.26. The first kappa shape index (κ1) is 13.2. The molecule has 102 valence electrons. The molecule has 0 spiro atoms. The molecule has 2 amide bonds. The van der Waals surface area contributed by atoms with Crippen LogP contribution in [0.15, 0.2) is 0 Å². The van der Waals surface area contributed by atoms with E-state index in [1.807, 2.05) is 11.8 Å². The number of hydrogen-bond acceptors (Lipinski definition) is 2. The first-order chi connectivity index (χ1) is 8.61. The van der Waals surface area contributed by atoms with Crippen molar-refractivity contribution in [1.82, 2.24) is 10.2 Å². The topological polar surface area (TPSA) is 69.6 Å². The van der Waals surface area contributed by atoms with Gasteiger partial charge in [0.25, 0.3) is 0 Å². The zero-order chi connectivity index (χ0) is 13.1. The first-order valence-corrected chi connectivity index (χ1v) is 6.91. The van der Waals surface area contributed by atoms with Crippen LogP contribution in [0.5, 0.6) is 0 Å². The predicted octanol–water partition coefficient (Wildman–Crippen LogP) is 1.82. The smallest absolute Gasteiger partial charge is 0.326 e. The fourth-order valence-corrected chi connectivity index (χ4v) is 3.07. The molecule has 1 aliphatic carbocycles. The first-order valence-electron chi connectivity index (χ1n) is 6.91. The van der Waals surface area contributed by atoms with Gasteiger partial charge in [-0.25, -0.2) is 9.59 Å². The maximum absolute atomic E-state index is 12.1. The van der Waals surface area contributed by atoms with Crippen molar-refractivity contribution >= 4 is 12.0 Å². The van der Waals surface area contributed by atoms with Crippen LogP contribution in [0, 0.1) is 5.92 Å². The van der Waals surface area contributed by atoms with Gasteiger partial charge in [0.1, 0.15) is 6.04 Å². The molecule has 2 fully saturated rings. The number of carboxylic acid groups (broad SMARTS) is 1. The van der Waals surface area contributed by atoms with Gasteiger partial charge in [0.2, 0.25) is 0 Å². The third-order valence-electron chi connectivity index (χ3n) is 4.11. The van der Waals surface area contributed by atoms with Gasteiger partial charge in [0.15, 0.2) is 0 Å². The van der Waals surface area contributed by atoms with Gasteiger partial charge in [-0.15, -0.1) is 0 Å². The van der Waals surface area contributed by atoms with Crippen molar-refractivity contribution in [2.75, 3.05) is 6.54 Å². The summed E-state index contributed by atoms with van der Waals surface area (Å²) in [6.45, 7) is 2.82. The van der Waals surface area contributed by atoms with Crippen molar-refractivity contribution in [3.63, 3.8) is 0 Å². The van der Waals surface area contributed by atoms with E-state index < -0.39 is 12.0 Å². The largest absolute Gasteiger partial charge is 0.480 e. The highest BCUT2D eigenvalue weighted by atomic mass is 16.4. The molecule has 1 heterocycles. The molecule has 2 bridgehead atoms. The molecule has 1 saturated carbocycles. The van der Waals surface area contributed by atoms with Crippen LogP contribution in [0.2, 0.25) is 0 Å². The lowest BCUT2D eigenvalue weighted by Gasteiger charge is -2.28. The van der Waals surface area contributed by atoms with Gasteiger partial charge >= 0.3 is 12.0 Å². The van der Waals surface area contributed by atoms with Crippen LogP contribution in [-0.2, 0) is 4.79 Å². The minimum Gasteiger partial charge on any atom is -0.480 e. The van der Waals surface area contributed by atoms with Crippen molar-refractivity contribution in [2.45, 2.75) is 57.5 Å². The average molecular weight is 254 g/mol. The summed E-state index contributed by atoms with van der Waals surface area (Å²) in [6.07, 6.45) is 5.66. The van der Waals surface area contributed by atoms with Crippen LogP contribution in [-0.4, -0.2) is 40.6 Å². The summed E-state index contributed by atoms with van der Waals surface area (Å²) < 4.78 is 0. The monoisotopic (exact) mass is 254 g/mol. The molecule has 5 nitrogen and oxygen atoms in total. The molecule has 0 radical (unpaired) electrons. The Bertz CT molecular complexity index is 332. The number of likely N-dealkylation sites (tertiary alicyclic amines) is 1. The van der Waals surface area contributed by atoms with Gasteiger partial charge in [0.05, 0.1) is 0 Å². The molecule has 0 aromatic rings. The zero-order valence-corrected chi connectivity index (χ0v) is 10.9. The summed E-state index contributed by atoms with van der Waals surface area (Å²) >= 11 is 0. The Balaban J connectivity index is 1.86. The van der Waals surface area contributed by atoms with Gasteiger partial charge < -0.3 is 15.3 Å². The Kier molecular flexibility index (Phi) is 4.09. The number of piperidine rings is 1. The van der Waals surface area contributed by atoms with Crippen molar-refractivity contribution in [2.24, 2.45) is 5.92 Å². The summed E-state index contributed by atoms with van der Waals surface area (Å²) in [7, 11) is 0. The summed E-state index contributed by atoms with van der Waals surface area (Å²) in [4.78, 5) is 25.0. The molecule has 2 rings (SSSR count). The number of amides is 2. The van der Waals surface area contributed by atoms with E-state index in [0.717, 1.165) is 32.2 Å². The van der Waals surface area contributed by atoms with Crippen LogP contribution >= 0.6 is 0 Å². The Morgan fingerprint density at radius 1 is 1.44 bits per heavy atom. The normalized spacial score (nSPS) is 27.3. The molecular weight excluding hydrogens is 232 g/mol. The van der Waals surface area contributed by atoms with Gasteiger partial charge in [-0.05, 0) is 31.6 Å². The van der Waals surface area contributed by atoms with E-state index in [4.69, 9.17) is 5.11 Å². The van der Waals surface area contributed by atoms with Crippen LogP contribution < -0.4 is 5.32 Å². The number of unbranched alkanes of at least 4 members (excludes halogenated alkanes) is 1. The van der Waals surface area contributed by atoms with Crippen molar-refractivity contribution < 1.29 is 14.7 Å². The molecule has 0 aromatic carbocycles. The summed E-state index contributed by atoms with van der Waals surface area (Å²) in [6, 6.07) is -0.585. The number of hydrogen-bond donors (Lipinski definition) is 2. The van der Waals surface area contributed by atoms with Crippen LogP contribution in [0.25, 0.3) is 0 Å². The third kappa shape index (κ3) is 2.76. The molecule has 3 atom stereocenters. The van der Waals surface area contributed by atoms with Gasteiger partial charge in [-0.3, -0.25) is 0 Å². The molecule has 2 N–H and O–H groups in total. The van der Waals surface area contributed by atoms with Crippen molar-refractivity contribution in [3.8, 4) is 0 Å². The second kappa shape index (κ2) is 5.59. The van der Waals surface area contributed by atoms with E-state index in [1.54, 1.807) is 0 Å². The van der Waals surface area contributed by atoms with Crippen LogP contribution in [0.1, 0.15) is 45.4 Å². The summed E-state index contributed by atoms with van der Waals surface area (Å²) in [5, 5.41) is 11.8. The maximum atomic E-state index is 12.1. The summed E-state index contributed by atoms with van der Waals surface area (Å²) in [5.74, 6) is -0.291. The lowest BCUT2D eigenvalue weighted by molar-refractivity contribution is -0.139. The summed E-state index contributed by atoms with van der Waals surface area (Å²) in [5.41, 5.74) is 0. The average Bonchev–Trinajstić information content (AvgIpc) is 2.95. The Labute approximate surface area is 108 Å². The number of nitrogens with one attached hydrogen (secondary N) is 1. The van der Waals surface area contributed by atoms with Crippen LogP contribution in [0.3, 0.4) is 0 Å². The highest BCUT2D eigenvalue weighted by Gasteiger charge is 2.40. The van der Waals surface area contributed by atoms with Gasteiger partial charge in [0, 0.05) is 12.6 Å². The number of carbonyl (C=O) groups is 2. The maximum Gasteiger partial charge on any atom is 0.326 e. The number of urea groups is 1. The lowest BCUT2D eigenvalue weighted by atomic mass is 10.1.